The molecule has 2 aromatic rings. The molecule has 2 saturated heterocycles. The van der Waals surface area contributed by atoms with E-state index in [0.29, 0.717) is 44.0 Å². The Morgan fingerprint density at radius 2 is 2.07 bits per heavy atom. The van der Waals surface area contributed by atoms with Crippen LogP contribution >= 0.6 is 0 Å². The molecule has 29 heavy (non-hydrogen) atoms. The molecule has 2 fully saturated rings. The van der Waals surface area contributed by atoms with E-state index in [-0.39, 0.29) is 36.6 Å². The number of hydrogen-bond donors (Lipinski definition) is 1. The number of rotatable bonds is 4. The second-order valence-corrected chi connectivity index (χ2v) is 7.54. The summed E-state index contributed by atoms with van der Waals surface area (Å²) in [5.41, 5.74) is 0.793. The first kappa shape index (κ1) is 19.5. The summed E-state index contributed by atoms with van der Waals surface area (Å²) in [5.74, 6) is -1.53. The van der Waals surface area contributed by atoms with Gasteiger partial charge in [-0.2, -0.15) is 5.10 Å². The van der Waals surface area contributed by atoms with Gasteiger partial charge in [0.2, 0.25) is 5.91 Å². The molecular formula is C20H22F2N4O3. The smallest absolute Gasteiger partial charge is 0.257 e. The van der Waals surface area contributed by atoms with Crippen molar-refractivity contribution in [3.05, 3.63) is 53.4 Å². The predicted molar refractivity (Wildman–Crippen MR) is 99.0 cm³/mol. The number of carbonyl (C=O) groups excluding carboxylic acids is 2. The van der Waals surface area contributed by atoms with Crippen LogP contribution in [0.3, 0.4) is 0 Å². The predicted octanol–water partition coefficient (Wildman–Crippen LogP) is 1.62. The zero-order valence-corrected chi connectivity index (χ0v) is 15.8. The highest BCUT2D eigenvalue weighted by Gasteiger charge is 2.37. The van der Waals surface area contributed by atoms with Gasteiger partial charge in [-0.1, -0.05) is 6.07 Å². The summed E-state index contributed by atoms with van der Waals surface area (Å²) in [7, 11) is 0. The normalized spacial score (nSPS) is 21.7. The number of aromatic amines is 1. The van der Waals surface area contributed by atoms with Crippen LogP contribution < -0.4 is 0 Å². The maximum atomic E-state index is 13.9. The molecule has 2 amide bonds. The molecule has 0 radical (unpaired) electrons. The van der Waals surface area contributed by atoms with Crippen LogP contribution in [-0.2, 0) is 16.0 Å². The number of benzene rings is 1. The van der Waals surface area contributed by atoms with E-state index in [0.717, 1.165) is 6.07 Å². The minimum atomic E-state index is -0.646. The van der Waals surface area contributed by atoms with Crippen LogP contribution in [0.5, 0.6) is 0 Å². The van der Waals surface area contributed by atoms with Crippen molar-refractivity contribution in [2.45, 2.75) is 18.9 Å². The van der Waals surface area contributed by atoms with Gasteiger partial charge in [-0.15, -0.1) is 0 Å². The minimum Gasteiger partial charge on any atom is -0.379 e. The van der Waals surface area contributed by atoms with Crippen LogP contribution in [0.2, 0.25) is 0 Å². The first-order valence-electron chi connectivity index (χ1n) is 9.60. The number of fused-ring (bicyclic) bond motifs is 3. The summed E-state index contributed by atoms with van der Waals surface area (Å²) >= 11 is 0. The summed E-state index contributed by atoms with van der Waals surface area (Å²) < 4.78 is 32.6. The zero-order valence-electron chi connectivity index (χ0n) is 15.8. The Labute approximate surface area is 166 Å². The van der Waals surface area contributed by atoms with Crippen molar-refractivity contribution in [1.29, 1.82) is 0 Å². The Morgan fingerprint density at radius 3 is 2.83 bits per heavy atom. The van der Waals surface area contributed by atoms with Gasteiger partial charge < -0.3 is 14.5 Å². The van der Waals surface area contributed by atoms with Crippen LogP contribution in [-0.4, -0.2) is 70.7 Å². The number of halogens is 2. The summed E-state index contributed by atoms with van der Waals surface area (Å²) in [6, 6.07) is 3.12. The van der Waals surface area contributed by atoms with Gasteiger partial charge in [-0.25, -0.2) is 8.78 Å². The van der Waals surface area contributed by atoms with Crippen LogP contribution in [0.4, 0.5) is 8.78 Å². The summed E-state index contributed by atoms with van der Waals surface area (Å²) in [5, 5.41) is 6.47. The van der Waals surface area contributed by atoms with Crippen LogP contribution in [0, 0.1) is 17.6 Å². The number of aromatic nitrogens is 2. The third-order valence-corrected chi connectivity index (χ3v) is 5.45. The molecule has 3 heterocycles. The highest BCUT2D eigenvalue weighted by atomic mass is 19.1. The molecule has 1 N–H and O–H groups in total. The van der Waals surface area contributed by atoms with Gasteiger partial charge in [0.15, 0.2) is 0 Å². The van der Waals surface area contributed by atoms with Gasteiger partial charge in [0.05, 0.1) is 31.0 Å². The molecule has 2 aliphatic heterocycles. The first-order valence-corrected chi connectivity index (χ1v) is 9.60. The lowest BCUT2D eigenvalue weighted by atomic mass is 10.1. The molecule has 2 aliphatic rings. The van der Waals surface area contributed by atoms with Gasteiger partial charge in [0, 0.05) is 44.2 Å². The van der Waals surface area contributed by atoms with Crippen molar-refractivity contribution in [2.24, 2.45) is 5.92 Å². The monoisotopic (exact) mass is 404 g/mol. The fourth-order valence-electron chi connectivity index (χ4n) is 3.97. The maximum absolute atomic E-state index is 13.9. The van der Waals surface area contributed by atoms with Gasteiger partial charge in [0.1, 0.15) is 11.6 Å². The van der Waals surface area contributed by atoms with E-state index in [1.54, 1.807) is 16.0 Å². The second-order valence-electron chi connectivity index (χ2n) is 7.54. The third kappa shape index (κ3) is 4.29. The molecular weight excluding hydrogens is 382 g/mol. The number of carbonyl (C=O) groups is 2. The maximum Gasteiger partial charge on any atom is 0.257 e. The van der Waals surface area contributed by atoms with Crippen molar-refractivity contribution >= 4 is 11.8 Å². The zero-order chi connectivity index (χ0) is 20.4. The number of H-pyrrole nitrogens is 1. The third-order valence-electron chi connectivity index (χ3n) is 5.45. The topological polar surface area (TPSA) is 78.5 Å². The van der Waals surface area contributed by atoms with Crippen molar-refractivity contribution in [1.82, 2.24) is 20.0 Å². The molecule has 154 valence electrons. The molecule has 0 aliphatic carbocycles. The van der Waals surface area contributed by atoms with Crippen molar-refractivity contribution in [2.75, 3.05) is 32.8 Å². The van der Waals surface area contributed by atoms with Crippen LogP contribution in [0.15, 0.2) is 30.6 Å². The molecule has 0 unspecified atom stereocenters. The highest BCUT2D eigenvalue weighted by molar-refractivity contribution is 5.93. The number of nitrogens with zero attached hydrogens (tertiary/aromatic N) is 3. The number of ether oxygens (including phenoxy) is 1. The van der Waals surface area contributed by atoms with Crippen LogP contribution in [0.1, 0.15) is 22.3 Å². The summed E-state index contributed by atoms with van der Waals surface area (Å²) in [6.45, 7) is 2.18. The standard InChI is InChI=1S/C20H22F2N4O3/c21-16-3-1-14(18(22)5-16)2-4-19(27)26-9-13-8-25(10-17(26)12-29-11-13)20(28)15-6-23-24-7-15/h1,3,5-7,13,17H,2,4,8-12H2,(H,23,24)/t13-,17-/m0/s1. The Balaban J connectivity index is 1.45. The molecule has 9 heteroatoms. The Hall–Kier alpha value is -2.81. The van der Waals surface area contributed by atoms with Gasteiger partial charge in [0.25, 0.3) is 5.91 Å². The molecule has 1 aromatic carbocycles. The van der Waals surface area contributed by atoms with E-state index >= 15 is 0 Å². The number of aryl methyl sites for hydroxylation is 1. The number of amides is 2. The fourth-order valence-corrected chi connectivity index (χ4v) is 3.97. The molecule has 4 rings (SSSR count). The SMILES string of the molecule is O=C(c1cn[nH]c1)N1C[C@@H]2COC[C@H](C1)N(C(=O)CCc1ccc(F)cc1F)C2. The van der Waals surface area contributed by atoms with Crippen LogP contribution in [0.25, 0.3) is 0 Å². The van der Waals surface area contributed by atoms with E-state index in [9.17, 15) is 18.4 Å². The molecule has 0 saturated carbocycles. The fraction of sp³-hybridized carbons (Fsp3) is 0.450. The highest BCUT2D eigenvalue weighted by Crippen LogP contribution is 2.22. The number of hydrogen-bond acceptors (Lipinski definition) is 4. The average Bonchev–Trinajstić information content (AvgIpc) is 3.06. The Morgan fingerprint density at radius 1 is 1.21 bits per heavy atom. The summed E-state index contributed by atoms with van der Waals surface area (Å²) in [6.07, 6.45) is 3.35. The van der Waals surface area contributed by atoms with E-state index in [1.165, 1.54) is 18.3 Å². The molecule has 2 bridgehead atoms. The second kappa shape index (κ2) is 8.28. The molecule has 1 aromatic heterocycles. The minimum absolute atomic E-state index is 0.00450. The van der Waals surface area contributed by atoms with E-state index in [1.807, 2.05) is 0 Å². The summed E-state index contributed by atoms with van der Waals surface area (Å²) in [4.78, 5) is 29.1. The Kier molecular flexibility index (Phi) is 5.57. The van der Waals surface area contributed by atoms with E-state index in [2.05, 4.69) is 10.2 Å². The average molecular weight is 404 g/mol. The number of nitrogens with one attached hydrogen (secondary N) is 1. The Bertz CT molecular complexity index is 890. The molecule has 2 atom stereocenters. The lowest BCUT2D eigenvalue weighted by molar-refractivity contribution is -0.133. The molecule has 0 spiro atoms. The molecule has 7 nitrogen and oxygen atoms in total. The van der Waals surface area contributed by atoms with E-state index < -0.39 is 11.6 Å². The first-order chi connectivity index (χ1) is 14.0. The van der Waals surface area contributed by atoms with Crippen molar-refractivity contribution in [3.63, 3.8) is 0 Å². The van der Waals surface area contributed by atoms with Crippen molar-refractivity contribution < 1.29 is 23.1 Å². The van der Waals surface area contributed by atoms with Gasteiger partial charge in [-0.05, 0) is 18.1 Å². The van der Waals surface area contributed by atoms with E-state index in [4.69, 9.17) is 4.74 Å². The quantitative estimate of drug-likeness (QED) is 0.840. The van der Waals surface area contributed by atoms with Gasteiger partial charge in [-0.3, -0.25) is 14.7 Å². The lowest BCUT2D eigenvalue weighted by Gasteiger charge is -2.31. The largest absolute Gasteiger partial charge is 0.379 e. The lowest BCUT2D eigenvalue weighted by Crippen LogP contribution is -2.47. The van der Waals surface area contributed by atoms with Crippen molar-refractivity contribution in [3.8, 4) is 0 Å². The van der Waals surface area contributed by atoms with Gasteiger partial charge >= 0.3 is 0 Å².